The minimum Gasteiger partial charge on any atom is -0.507 e. The second kappa shape index (κ2) is 12.6. The Kier molecular flexibility index (Phi) is 9.22. The van der Waals surface area contributed by atoms with E-state index in [1.54, 1.807) is 36.4 Å². The van der Waals surface area contributed by atoms with Crippen LogP contribution in [0.1, 0.15) is 122 Å². The first kappa shape index (κ1) is 37.3. The van der Waals surface area contributed by atoms with E-state index in [2.05, 4.69) is 41.5 Å². The second-order valence-corrected chi connectivity index (χ2v) is 18.5. The number of carbonyl (C=O) groups is 3. The Balaban J connectivity index is 0.000000221. The number of aromatic hydroxyl groups is 1. The van der Waals surface area contributed by atoms with Gasteiger partial charge in [-0.05, 0) is 122 Å². The Hall–Kier alpha value is -3.45. The summed E-state index contributed by atoms with van der Waals surface area (Å²) in [6.45, 7) is 15.8. The Morgan fingerprint density at radius 1 is 0.843 bits per heavy atom. The monoisotopic (exact) mass is 698 g/mol. The molecule has 2 aromatic carbocycles. The summed E-state index contributed by atoms with van der Waals surface area (Å²) in [5.41, 5.74) is 0.966. The van der Waals surface area contributed by atoms with Crippen LogP contribution in [0.2, 0.25) is 0 Å². The predicted octanol–water partition coefficient (Wildman–Crippen LogP) is 9.04. The second-order valence-electron chi connectivity index (χ2n) is 18.5. The van der Waals surface area contributed by atoms with E-state index >= 15 is 0 Å². The molecule has 5 aliphatic rings. The van der Waals surface area contributed by atoms with Crippen molar-refractivity contribution in [1.82, 2.24) is 0 Å². The van der Waals surface area contributed by atoms with Gasteiger partial charge in [0.1, 0.15) is 11.5 Å². The van der Waals surface area contributed by atoms with E-state index in [9.17, 15) is 29.7 Å². The molecule has 0 saturated heterocycles. The van der Waals surface area contributed by atoms with Crippen molar-refractivity contribution in [2.75, 3.05) is 7.11 Å². The van der Waals surface area contributed by atoms with E-state index in [1.807, 2.05) is 19.1 Å². The summed E-state index contributed by atoms with van der Waals surface area (Å²) in [4.78, 5) is 38.5. The molecule has 276 valence electrons. The summed E-state index contributed by atoms with van der Waals surface area (Å²) in [7, 11) is 1.51. The summed E-state index contributed by atoms with van der Waals surface area (Å²) in [6, 6.07) is 13.5. The average Bonchev–Trinajstić information content (AvgIpc) is 3.08. The SMILES string of the molecule is CC1(C(=O)O)CCC2(C)CCC3(C)C(=CC(=O)C4C5(C)CCC(O)C(C)(C)C5CCC43C)C2C1.COc1ccc(C(=O)c2ccccc2)c(O)c1. The van der Waals surface area contributed by atoms with Gasteiger partial charge in [-0.3, -0.25) is 14.4 Å². The lowest BCUT2D eigenvalue weighted by Crippen LogP contribution is -2.66. The molecule has 0 heterocycles. The van der Waals surface area contributed by atoms with E-state index in [-0.39, 0.29) is 67.9 Å². The molecule has 4 fully saturated rings. The van der Waals surface area contributed by atoms with E-state index in [4.69, 9.17) is 4.74 Å². The third kappa shape index (κ3) is 5.68. The highest BCUT2D eigenvalue weighted by atomic mass is 16.5. The van der Waals surface area contributed by atoms with Gasteiger partial charge >= 0.3 is 5.97 Å². The quantitative estimate of drug-likeness (QED) is 0.273. The fourth-order valence-electron chi connectivity index (χ4n) is 11.9. The standard InChI is InChI=1S/C30H46O4.C14H12O3/c1-25(2)21-8-11-30(7)23(28(21,5)10-9-22(25)32)20(31)16-18-19-17-27(4,24(33)34)13-12-26(19,3)14-15-29(18,30)6;1-17-11-7-8-12(13(15)9-11)14(16)10-5-3-2-4-6-10/h16,19,21-23,32H,8-15,17H2,1-7H3,(H,33,34);2-9,15H,1H3. The maximum Gasteiger partial charge on any atom is 0.309 e. The summed E-state index contributed by atoms with van der Waals surface area (Å²) >= 11 is 0. The van der Waals surface area contributed by atoms with Crippen molar-refractivity contribution in [2.24, 2.45) is 50.2 Å². The zero-order valence-corrected chi connectivity index (χ0v) is 31.8. The molecule has 4 saturated carbocycles. The van der Waals surface area contributed by atoms with Gasteiger partial charge < -0.3 is 20.1 Å². The van der Waals surface area contributed by atoms with Crippen LogP contribution in [0.15, 0.2) is 60.2 Å². The number of benzene rings is 2. The van der Waals surface area contributed by atoms with E-state index in [0.29, 0.717) is 23.7 Å². The van der Waals surface area contributed by atoms with Crippen molar-refractivity contribution in [1.29, 1.82) is 0 Å². The third-order valence-electron chi connectivity index (χ3n) is 15.6. The highest BCUT2D eigenvalue weighted by Gasteiger charge is 2.70. The number of rotatable bonds is 4. The van der Waals surface area contributed by atoms with E-state index in [1.165, 1.54) is 18.7 Å². The number of allylic oxidation sites excluding steroid dienone is 2. The van der Waals surface area contributed by atoms with Crippen molar-refractivity contribution < 1.29 is 34.4 Å². The molecule has 51 heavy (non-hydrogen) atoms. The fraction of sp³-hybridized carbons (Fsp3) is 0.614. The lowest BCUT2D eigenvalue weighted by atomic mass is 9.33. The van der Waals surface area contributed by atoms with Crippen LogP contribution in [0.5, 0.6) is 11.5 Å². The van der Waals surface area contributed by atoms with Gasteiger partial charge in [0, 0.05) is 17.5 Å². The minimum atomic E-state index is -0.711. The lowest BCUT2D eigenvalue weighted by Gasteiger charge is -2.70. The Bertz CT molecular complexity index is 1740. The summed E-state index contributed by atoms with van der Waals surface area (Å²) in [5, 5.41) is 30.7. The molecule has 0 radical (unpaired) electrons. The molecule has 2 aromatic rings. The number of fused-ring (bicyclic) bond motifs is 7. The number of aliphatic hydroxyl groups excluding tert-OH is 1. The van der Waals surface area contributed by atoms with Crippen LogP contribution in [-0.2, 0) is 9.59 Å². The number of phenolic OH excluding ortho intramolecular Hbond substituents is 1. The summed E-state index contributed by atoms with van der Waals surface area (Å²) < 4.78 is 4.96. The minimum absolute atomic E-state index is 0.0296. The van der Waals surface area contributed by atoms with Gasteiger partial charge in [0.25, 0.3) is 0 Å². The zero-order valence-electron chi connectivity index (χ0n) is 31.8. The average molecular weight is 699 g/mol. The summed E-state index contributed by atoms with van der Waals surface area (Å²) in [6.07, 6.45) is 9.95. The number of aliphatic carboxylic acids is 1. The molecule has 9 unspecified atom stereocenters. The lowest BCUT2D eigenvalue weighted by molar-refractivity contribution is -0.202. The Morgan fingerprint density at radius 3 is 2.14 bits per heavy atom. The number of hydrogen-bond acceptors (Lipinski definition) is 6. The molecule has 0 bridgehead atoms. The van der Waals surface area contributed by atoms with E-state index < -0.39 is 11.4 Å². The first-order valence-corrected chi connectivity index (χ1v) is 18.9. The molecule has 0 aliphatic heterocycles. The van der Waals surface area contributed by atoms with Gasteiger partial charge in [-0.2, -0.15) is 0 Å². The molecule has 9 atom stereocenters. The molecule has 7 rings (SSSR count). The van der Waals surface area contributed by atoms with Crippen molar-refractivity contribution >= 4 is 17.5 Å². The van der Waals surface area contributed by atoms with Crippen molar-refractivity contribution in [2.45, 2.75) is 112 Å². The van der Waals surface area contributed by atoms with Crippen LogP contribution in [0, 0.1) is 50.2 Å². The third-order valence-corrected chi connectivity index (χ3v) is 15.6. The highest BCUT2D eigenvalue weighted by molar-refractivity contribution is 6.10. The van der Waals surface area contributed by atoms with Crippen LogP contribution in [0.25, 0.3) is 0 Å². The summed E-state index contributed by atoms with van der Waals surface area (Å²) in [5.74, 6) is 0.307. The van der Waals surface area contributed by atoms with Crippen molar-refractivity contribution in [3.8, 4) is 11.5 Å². The number of aliphatic hydroxyl groups is 1. The van der Waals surface area contributed by atoms with Crippen LogP contribution < -0.4 is 4.74 Å². The van der Waals surface area contributed by atoms with Crippen molar-refractivity contribution in [3.63, 3.8) is 0 Å². The highest BCUT2D eigenvalue weighted by Crippen LogP contribution is 2.75. The van der Waals surface area contributed by atoms with Crippen LogP contribution >= 0.6 is 0 Å². The van der Waals surface area contributed by atoms with Crippen LogP contribution in [0.4, 0.5) is 0 Å². The molecule has 0 aromatic heterocycles. The number of ether oxygens (including phenoxy) is 1. The zero-order chi connectivity index (χ0) is 37.4. The van der Waals surface area contributed by atoms with Gasteiger partial charge in [-0.25, -0.2) is 0 Å². The molecule has 7 heteroatoms. The maximum absolute atomic E-state index is 14.2. The molecular weight excluding hydrogens is 640 g/mol. The Morgan fingerprint density at radius 2 is 1.51 bits per heavy atom. The van der Waals surface area contributed by atoms with Gasteiger partial charge in [0.05, 0.1) is 24.2 Å². The van der Waals surface area contributed by atoms with Gasteiger partial charge in [-0.1, -0.05) is 77.4 Å². The number of carbonyl (C=O) groups excluding carboxylic acids is 2. The molecule has 0 amide bonds. The number of carboxylic acid groups (broad SMARTS) is 1. The first-order valence-electron chi connectivity index (χ1n) is 18.9. The number of methoxy groups -OCH3 is 1. The number of hydrogen-bond donors (Lipinski definition) is 3. The number of carboxylic acids is 1. The number of ketones is 2. The number of phenols is 1. The first-order chi connectivity index (χ1) is 23.8. The molecule has 5 aliphatic carbocycles. The van der Waals surface area contributed by atoms with Gasteiger partial charge in [0.15, 0.2) is 11.6 Å². The Labute approximate surface area is 303 Å². The van der Waals surface area contributed by atoms with Gasteiger partial charge in [0.2, 0.25) is 0 Å². The predicted molar refractivity (Wildman–Crippen MR) is 198 cm³/mol. The van der Waals surface area contributed by atoms with Crippen LogP contribution in [0.3, 0.4) is 0 Å². The molecule has 7 nitrogen and oxygen atoms in total. The normalized spacial score (nSPS) is 39.4. The smallest absolute Gasteiger partial charge is 0.309 e. The molecule has 3 N–H and O–H groups in total. The van der Waals surface area contributed by atoms with Crippen molar-refractivity contribution in [3.05, 3.63) is 71.3 Å². The van der Waals surface area contributed by atoms with Crippen LogP contribution in [-0.4, -0.2) is 46.1 Å². The molecular formula is C44H58O7. The topological polar surface area (TPSA) is 121 Å². The maximum atomic E-state index is 14.2. The fourth-order valence-corrected chi connectivity index (χ4v) is 11.9. The largest absolute Gasteiger partial charge is 0.507 e. The van der Waals surface area contributed by atoms with Gasteiger partial charge in [-0.15, -0.1) is 0 Å². The van der Waals surface area contributed by atoms with E-state index in [0.717, 1.165) is 51.4 Å². The molecule has 0 spiro atoms.